The highest BCUT2D eigenvalue weighted by atomic mass is 19.4. The summed E-state index contributed by atoms with van der Waals surface area (Å²) in [5.41, 5.74) is 0. The highest BCUT2D eigenvalue weighted by molar-refractivity contribution is 5.82. The summed E-state index contributed by atoms with van der Waals surface area (Å²) < 4.78 is 42.2. The van der Waals surface area contributed by atoms with Gasteiger partial charge in [-0.2, -0.15) is 13.2 Å². The Bertz CT molecular complexity index is 498. The van der Waals surface area contributed by atoms with E-state index in [-0.39, 0.29) is 23.7 Å². The largest absolute Gasteiger partial charge is 0.469 e. The zero-order valence-electron chi connectivity index (χ0n) is 15.0. The lowest BCUT2D eigenvalue weighted by atomic mass is 9.99. The monoisotopic (exact) mass is 364 g/mol. The fraction of sp³-hybridized carbons (Fsp3) is 0.875. The van der Waals surface area contributed by atoms with Crippen molar-refractivity contribution in [2.45, 2.75) is 19.5 Å². The maximum absolute atomic E-state index is 12.5. The van der Waals surface area contributed by atoms with E-state index in [4.69, 9.17) is 4.74 Å². The fourth-order valence-corrected chi connectivity index (χ4v) is 3.64. The molecule has 2 aliphatic rings. The second kappa shape index (κ2) is 8.25. The second-order valence-electron chi connectivity index (χ2n) is 6.95. The van der Waals surface area contributed by atoms with Crippen molar-refractivity contribution in [3.63, 3.8) is 0 Å². The van der Waals surface area contributed by atoms with Crippen LogP contribution in [0.25, 0.3) is 0 Å². The first-order valence-electron chi connectivity index (χ1n) is 8.56. The Morgan fingerprint density at radius 2 is 2.04 bits per heavy atom. The minimum absolute atomic E-state index is 0.163. The molecule has 2 aliphatic heterocycles. The minimum atomic E-state index is -4.15. The molecular formula is C16H27F3N4O2. The summed E-state index contributed by atoms with van der Waals surface area (Å²) in [4.78, 5) is 19.5. The van der Waals surface area contributed by atoms with Crippen molar-refractivity contribution in [2.75, 3.05) is 53.4 Å². The van der Waals surface area contributed by atoms with Crippen LogP contribution in [0.1, 0.15) is 13.3 Å². The van der Waals surface area contributed by atoms with Crippen molar-refractivity contribution in [1.29, 1.82) is 0 Å². The van der Waals surface area contributed by atoms with Crippen LogP contribution in [0.5, 0.6) is 0 Å². The van der Waals surface area contributed by atoms with Gasteiger partial charge in [-0.3, -0.25) is 14.7 Å². The van der Waals surface area contributed by atoms with Crippen LogP contribution < -0.4 is 5.32 Å². The molecular weight excluding hydrogens is 337 g/mol. The van der Waals surface area contributed by atoms with Crippen LogP contribution in [-0.2, 0) is 9.53 Å². The Kier molecular flexibility index (Phi) is 6.53. The molecule has 2 fully saturated rings. The maximum Gasteiger partial charge on any atom is 0.401 e. The van der Waals surface area contributed by atoms with E-state index in [0.717, 1.165) is 6.42 Å². The normalized spacial score (nSPS) is 28.5. The minimum Gasteiger partial charge on any atom is -0.469 e. The standard InChI is InChI=1S/C16H27F3N4O2/c1-11-7-23(9-13(11)14(24)25-3)15(20-2)21-6-12-4-5-22(8-12)10-16(17,18)19/h11-13H,4-10H2,1-3H3,(H,20,21). The number of nitrogens with zero attached hydrogens (tertiary/aromatic N) is 3. The Balaban J connectivity index is 1.81. The van der Waals surface area contributed by atoms with Gasteiger partial charge in [0, 0.05) is 33.2 Å². The summed E-state index contributed by atoms with van der Waals surface area (Å²) in [6.07, 6.45) is -3.41. The van der Waals surface area contributed by atoms with Crippen molar-refractivity contribution in [3.8, 4) is 0 Å². The van der Waals surface area contributed by atoms with Crippen LogP contribution in [0.4, 0.5) is 13.2 Å². The number of methoxy groups -OCH3 is 1. The van der Waals surface area contributed by atoms with Gasteiger partial charge in [0.1, 0.15) is 0 Å². The molecule has 0 aromatic rings. The highest BCUT2D eigenvalue weighted by Gasteiger charge is 2.37. The fourth-order valence-electron chi connectivity index (χ4n) is 3.64. The number of guanidine groups is 1. The van der Waals surface area contributed by atoms with E-state index in [1.165, 1.54) is 12.0 Å². The third-order valence-corrected chi connectivity index (χ3v) is 4.95. The Morgan fingerprint density at radius 1 is 1.32 bits per heavy atom. The molecule has 0 spiro atoms. The maximum atomic E-state index is 12.5. The molecule has 0 aliphatic carbocycles. The quantitative estimate of drug-likeness (QED) is 0.461. The Morgan fingerprint density at radius 3 is 2.64 bits per heavy atom. The summed E-state index contributed by atoms with van der Waals surface area (Å²) in [7, 11) is 3.06. The number of carbonyl (C=O) groups is 1. The van der Waals surface area contributed by atoms with E-state index in [1.54, 1.807) is 7.05 Å². The van der Waals surface area contributed by atoms with Crippen molar-refractivity contribution in [1.82, 2.24) is 15.1 Å². The number of likely N-dealkylation sites (tertiary alicyclic amines) is 2. The van der Waals surface area contributed by atoms with Crippen molar-refractivity contribution in [2.24, 2.45) is 22.7 Å². The molecule has 1 N–H and O–H groups in total. The summed E-state index contributed by atoms with van der Waals surface area (Å²) >= 11 is 0. The average Bonchev–Trinajstić information content (AvgIpc) is 3.12. The molecule has 9 heteroatoms. The van der Waals surface area contributed by atoms with Crippen LogP contribution in [0.3, 0.4) is 0 Å². The summed E-state index contributed by atoms with van der Waals surface area (Å²) in [5, 5.41) is 3.25. The first kappa shape index (κ1) is 19.8. The first-order chi connectivity index (χ1) is 11.7. The molecule has 3 atom stereocenters. The Labute approximate surface area is 146 Å². The van der Waals surface area contributed by atoms with Crippen LogP contribution in [0, 0.1) is 17.8 Å². The molecule has 0 bridgehead atoms. The molecule has 25 heavy (non-hydrogen) atoms. The predicted molar refractivity (Wildman–Crippen MR) is 88.2 cm³/mol. The zero-order valence-corrected chi connectivity index (χ0v) is 15.0. The van der Waals surface area contributed by atoms with Crippen LogP contribution in [0.15, 0.2) is 4.99 Å². The molecule has 0 amide bonds. The van der Waals surface area contributed by atoms with E-state index in [1.807, 2.05) is 11.8 Å². The molecule has 0 aromatic carbocycles. The van der Waals surface area contributed by atoms with Gasteiger partial charge in [-0.1, -0.05) is 6.92 Å². The smallest absolute Gasteiger partial charge is 0.401 e. The first-order valence-corrected chi connectivity index (χ1v) is 8.56. The van der Waals surface area contributed by atoms with Crippen molar-refractivity contribution < 1.29 is 22.7 Å². The second-order valence-corrected chi connectivity index (χ2v) is 6.95. The third kappa shape index (κ3) is 5.49. The van der Waals surface area contributed by atoms with Crippen LogP contribution in [0.2, 0.25) is 0 Å². The number of alkyl halides is 3. The number of hydrogen-bond donors (Lipinski definition) is 1. The van der Waals surface area contributed by atoms with Gasteiger partial charge in [-0.15, -0.1) is 0 Å². The van der Waals surface area contributed by atoms with Gasteiger partial charge in [0.15, 0.2) is 5.96 Å². The molecule has 144 valence electrons. The summed E-state index contributed by atoms with van der Waals surface area (Å²) in [6.45, 7) is 3.88. The summed E-state index contributed by atoms with van der Waals surface area (Å²) in [6, 6.07) is 0. The average molecular weight is 364 g/mol. The molecule has 2 rings (SSSR count). The van der Waals surface area contributed by atoms with E-state index in [0.29, 0.717) is 38.7 Å². The molecule has 2 saturated heterocycles. The molecule has 2 heterocycles. The number of esters is 1. The van der Waals surface area contributed by atoms with Gasteiger partial charge in [-0.25, -0.2) is 0 Å². The number of halogens is 3. The Hall–Kier alpha value is -1.51. The number of hydrogen-bond acceptors (Lipinski definition) is 4. The SMILES string of the molecule is CN=C(NCC1CCN(CC(F)(F)F)C1)N1CC(C)C(C(=O)OC)C1. The summed E-state index contributed by atoms with van der Waals surface area (Å²) in [5.74, 6) is 0.615. The molecule has 0 aromatic heterocycles. The van der Waals surface area contributed by atoms with E-state index in [2.05, 4.69) is 10.3 Å². The molecule has 6 nitrogen and oxygen atoms in total. The number of nitrogens with one attached hydrogen (secondary N) is 1. The number of ether oxygens (including phenoxy) is 1. The zero-order chi connectivity index (χ0) is 18.6. The van der Waals surface area contributed by atoms with E-state index >= 15 is 0 Å². The van der Waals surface area contributed by atoms with Gasteiger partial charge in [0.2, 0.25) is 0 Å². The number of rotatable bonds is 4. The predicted octanol–water partition coefficient (Wildman–Crippen LogP) is 1.19. The van der Waals surface area contributed by atoms with Gasteiger partial charge in [0.25, 0.3) is 0 Å². The van der Waals surface area contributed by atoms with Gasteiger partial charge in [0.05, 0.1) is 19.6 Å². The molecule has 0 radical (unpaired) electrons. The lowest BCUT2D eigenvalue weighted by molar-refractivity contribution is -0.146. The lowest BCUT2D eigenvalue weighted by Gasteiger charge is -2.23. The highest BCUT2D eigenvalue weighted by Crippen LogP contribution is 2.25. The number of aliphatic imine (C=N–C) groups is 1. The lowest BCUT2D eigenvalue weighted by Crippen LogP contribution is -2.43. The van der Waals surface area contributed by atoms with Gasteiger partial charge in [-0.05, 0) is 24.8 Å². The van der Waals surface area contributed by atoms with Crippen LogP contribution >= 0.6 is 0 Å². The van der Waals surface area contributed by atoms with Crippen LogP contribution in [-0.4, -0.2) is 81.3 Å². The molecule has 0 saturated carbocycles. The van der Waals surface area contributed by atoms with Crippen molar-refractivity contribution >= 4 is 11.9 Å². The number of carbonyl (C=O) groups excluding carboxylic acids is 1. The van der Waals surface area contributed by atoms with E-state index < -0.39 is 12.7 Å². The third-order valence-electron chi connectivity index (χ3n) is 4.95. The topological polar surface area (TPSA) is 57.2 Å². The molecule has 3 unspecified atom stereocenters. The van der Waals surface area contributed by atoms with Gasteiger partial charge < -0.3 is 15.0 Å². The van der Waals surface area contributed by atoms with Gasteiger partial charge >= 0.3 is 12.1 Å². The van der Waals surface area contributed by atoms with Crippen molar-refractivity contribution in [3.05, 3.63) is 0 Å². The van der Waals surface area contributed by atoms with E-state index in [9.17, 15) is 18.0 Å².